The Bertz CT molecular complexity index is 414. The Balaban J connectivity index is 2.53. The summed E-state index contributed by atoms with van der Waals surface area (Å²) in [6, 6.07) is 5.85. The Labute approximate surface area is 80.8 Å². The fourth-order valence-electron chi connectivity index (χ4n) is 1.73. The number of rotatable bonds is 1. The van der Waals surface area contributed by atoms with Crippen LogP contribution in [0.3, 0.4) is 0 Å². The summed E-state index contributed by atoms with van der Waals surface area (Å²) >= 11 is 0. The van der Waals surface area contributed by atoms with E-state index < -0.39 is 12.0 Å². The second-order valence-corrected chi connectivity index (χ2v) is 3.23. The number of likely N-dealkylation sites (N-methyl/N-ethyl adjacent to an activating group) is 1. The molecule has 0 aliphatic carbocycles. The van der Waals surface area contributed by atoms with Crippen molar-refractivity contribution in [3.05, 3.63) is 29.8 Å². The average Bonchev–Trinajstić information content (AvgIpc) is 2.41. The minimum Gasteiger partial charge on any atom is -0.479 e. The zero-order chi connectivity index (χ0) is 10.3. The molecule has 0 aromatic heterocycles. The SMILES string of the molecule is CN1c2ccccc2C(=O)C1C(=O)O. The largest absolute Gasteiger partial charge is 0.479 e. The number of carboxylic acid groups (broad SMARTS) is 1. The lowest BCUT2D eigenvalue weighted by molar-refractivity contribution is -0.137. The van der Waals surface area contributed by atoms with Crippen LogP contribution in [0.5, 0.6) is 0 Å². The third kappa shape index (κ3) is 1.00. The number of carboxylic acids is 1. The van der Waals surface area contributed by atoms with Crippen LogP contribution in [0, 0.1) is 0 Å². The van der Waals surface area contributed by atoms with Crippen molar-refractivity contribution >= 4 is 17.4 Å². The second kappa shape index (κ2) is 2.83. The summed E-state index contributed by atoms with van der Waals surface area (Å²) in [4.78, 5) is 23.9. The molecule has 2 rings (SSSR count). The van der Waals surface area contributed by atoms with Gasteiger partial charge < -0.3 is 10.0 Å². The van der Waals surface area contributed by atoms with Crippen molar-refractivity contribution in [2.24, 2.45) is 0 Å². The number of para-hydroxylation sites is 1. The molecule has 0 saturated heterocycles. The molecular weight excluding hydrogens is 182 g/mol. The summed E-state index contributed by atoms with van der Waals surface area (Å²) in [7, 11) is 1.61. The van der Waals surface area contributed by atoms with Gasteiger partial charge in [-0.15, -0.1) is 0 Å². The van der Waals surface area contributed by atoms with Gasteiger partial charge in [0.15, 0.2) is 11.8 Å². The van der Waals surface area contributed by atoms with Crippen molar-refractivity contribution in [2.75, 3.05) is 11.9 Å². The van der Waals surface area contributed by atoms with Crippen LogP contribution >= 0.6 is 0 Å². The highest BCUT2D eigenvalue weighted by Crippen LogP contribution is 2.30. The number of hydrogen-bond donors (Lipinski definition) is 1. The Kier molecular flexibility index (Phi) is 1.77. The molecule has 1 aromatic carbocycles. The molecule has 1 aromatic rings. The normalized spacial score (nSPS) is 19.6. The molecule has 0 spiro atoms. The molecule has 4 nitrogen and oxygen atoms in total. The van der Waals surface area contributed by atoms with E-state index in [1.807, 2.05) is 0 Å². The van der Waals surface area contributed by atoms with E-state index in [0.29, 0.717) is 11.3 Å². The first-order chi connectivity index (χ1) is 6.63. The maximum absolute atomic E-state index is 11.6. The molecular formula is C10H9NO3. The number of benzene rings is 1. The molecule has 72 valence electrons. The van der Waals surface area contributed by atoms with Gasteiger partial charge in [0.2, 0.25) is 0 Å². The van der Waals surface area contributed by atoms with Crippen molar-refractivity contribution in [1.29, 1.82) is 0 Å². The molecule has 1 N–H and O–H groups in total. The van der Waals surface area contributed by atoms with Crippen LogP contribution in [0.25, 0.3) is 0 Å². The van der Waals surface area contributed by atoms with Gasteiger partial charge in [-0.05, 0) is 12.1 Å². The molecule has 1 atom stereocenters. The quantitative estimate of drug-likeness (QED) is 0.666. The lowest BCUT2D eigenvalue weighted by Crippen LogP contribution is -2.39. The summed E-state index contributed by atoms with van der Waals surface area (Å²) in [6.07, 6.45) is 0. The number of hydrogen-bond acceptors (Lipinski definition) is 3. The van der Waals surface area contributed by atoms with Crippen LogP contribution in [0.4, 0.5) is 5.69 Å². The van der Waals surface area contributed by atoms with Gasteiger partial charge in [0.05, 0.1) is 0 Å². The van der Waals surface area contributed by atoms with Crippen LogP contribution in [-0.4, -0.2) is 29.9 Å². The van der Waals surface area contributed by atoms with Crippen LogP contribution in [0.1, 0.15) is 10.4 Å². The maximum Gasteiger partial charge on any atom is 0.334 e. The lowest BCUT2D eigenvalue weighted by atomic mass is 10.1. The first kappa shape index (κ1) is 8.74. The van der Waals surface area contributed by atoms with Crippen molar-refractivity contribution in [3.8, 4) is 0 Å². The topological polar surface area (TPSA) is 57.6 Å². The number of anilines is 1. The number of aliphatic carboxylic acids is 1. The first-order valence-corrected chi connectivity index (χ1v) is 4.22. The number of carbonyl (C=O) groups excluding carboxylic acids is 1. The number of Topliss-reactive ketones (excluding diaryl/α,β-unsaturated/α-hetero) is 1. The zero-order valence-corrected chi connectivity index (χ0v) is 7.60. The second-order valence-electron chi connectivity index (χ2n) is 3.23. The number of ketones is 1. The monoisotopic (exact) mass is 191 g/mol. The van der Waals surface area contributed by atoms with Gasteiger partial charge in [-0.2, -0.15) is 0 Å². The zero-order valence-electron chi connectivity index (χ0n) is 7.60. The highest BCUT2D eigenvalue weighted by molar-refractivity contribution is 6.20. The van der Waals surface area contributed by atoms with Gasteiger partial charge in [-0.25, -0.2) is 4.79 Å². The third-order valence-electron chi connectivity index (χ3n) is 2.42. The molecule has 0 fully saturated rings. The predicted molar refractivity (Wildman–Crippen MR) is 50.6 cm³/mol. The maximum atomic E-state index is 11.6. The Morgan fingerprint density at radius 3 is 2.64 bits per heavy atom. The van der Waals surface area contributed by atoms with Gasteiger partial charge in [0.1, 0.15) is 0 Å². The summed E-state index contributed by atoms with van der Waals surface area (Å²) in [6.45, 7) is 0. The summed E-state index contributed by atoms with van der Waals surface area (Å²) < 4.78 is 0. The number of nitrogens with zero attached hydrogens (tertiary/aromatic N) is 1. The van der Waals surface area contributed by atoms with Crippen LogP contribution in [0.2, 0.25) is 0 Å². The van der Waals surface area contributed by atoms with Crippen LogP contribution < -0.4 is 4.90 Å². The van der Waals surface area contributed by atoms with E-state index in [1.54, 1.807) is 31.3 Å². The average molecular weight is 191 g/mol. The van der Waals surface area contributed by atoms with Crippen molar-refractivity contribution in [2.45, 2.75) is 6.04 Å². The standard InChI is InChI=1S/C10H9NO3/c1-11-7-5-3-2-4-6(7)9(12)8(11)10(13)14/h2-5,8H,1H3,(H,13,14). The molecule has 0 saturated carbocycles. The smallest absolute Gasteiger partial charge is 0.334 e. The summed E-state index contributed by atoms with van der Waals surface area (Å²) in [5, 5.41) is 8.86. The molecule has 0 amide bonds. The van der Waals surface area contributed by atoms with Gasteiger partial charge in [0, 0.05) is 18.3 Å². The molecule has 0 radical (unpaired) electrons. The van der Waals surface area contributed by atoms with Crippen molar-refractivity contribution in [1.82, 2.24) is 0 Å². The molecule has 0 bridgehead atoms. The Hall–Kier alpha value is -1.84. The fraction of sp³-hybridized carbons (Fsp3) is 0.200. The Morgan fingerprint density at radius 1 is 1.43 bits per heavy atom. The van der Waals surface area contributed by atoms with E-state index in [1.165, 1.54) is 4.90 Å². The van der Waals surface area contributed by atoms with Gasteiger partial charge in [0.25, 0.3) is 0 Å². The van der Waals surface area contributed by atoms with Crippen LogP contribution in [0.15, 0.2) is 24.3 Å². The minimum atomic E-state index is -1.10. The minimum absolute atomic E-state index is 0.337. The highest BCUT2D eigenvalue weighted by Gasteiger charge is 2.39. The number of carbonyl (C=O) groups is 2. The first-order valence-electron chi connectivity index (χ1n) is 4.22. The lowest BCUT2D eigenvalue weighted by Gasteiger charge is -2.16. The van der Waals surface area contributed by atoms with Gasteiger partial charge in [-0.1, -0.05) is 12.1 Å². The molecule has 1 heterocycles. The molecule has 1 unspecified atom stereocenters. The summed E-state index contributed by atoms with van der Waals surface area (Å²) in [5.74, 6) is -1.44. The van der Waals surface area contributed by atoms with E-state index >= 15 is 0 Å². The van der Waals surface area contributed by atoms with E-state index in [-0.39, 0.29) is 5.78 Å². The Morgan fingerprint density at radius 2 is 2.07 bits per heavy atom. The predicted octanol–water partition coefficient (Wildman–Crippen LogP) is 0.772. The van der Waals surface area contributed by atoms with E-state index in [9.17, 15) is 9.59 Å². The fourth-order valence-corrected chi connectivity index (χ4v) is 1.73. The van der Waals surface area contributed by atoms with E-state index in [4.69, 9.17) is 5.11 Å². The van der Waals surface area contributed by atoms with Crippen molar-refractivity contribution < 1.29 is 14.7 Å². The van der Waals surface area contributed by atoms with Crippen LogP contribution in [-0.2, 0) is 4.79 Å². The molecule has 4 heteroatoms. The van der Waals surface area contributed by atoms with E-state index in [0.717, 1.165) is 0 Å². The third-order valence-corrected chi connectivity index (χ3v) is 2.42. The molecule has 1 aliphatic heterocycles. The summed E-state index contributed by atoms with van der Waals surface area (Å²) in [5.41, 5.74) is 1.17. The van der Waals surface area contributed by atoms with Gasteiger partial charge >= 0.3 is 5.97 Å². The molecule has 14 heavy (non-hydrogen) atoms. The number of fused-ring (bicyclic) bond motifs is 1. The van der Waals surface area contributed by atoms with Gasteiger partial charge in [-0.3, -0.25) is 4.79 Å². The highest BCUT2D eigenvalue weighted by atomic mass is 16.4. The van der Waals surface area contributed by atoms with E-state index in [2.05, 4.69) is 0 Å². The molecule has 1 aliphatic rings. The van der Waals surface area contributed by atoms with Crippen molar-refractivity contribution in [3.63, 3.8) is 0 Å².